The Morgan fingerprint density at radius 1 is 1.10 bits per heavy atom. The maximum absolute atomic E-state index is 5.10. The molecule has 3 aromatic heterocycles. The predicted molar refractivity (Wildman–Crippen MR) is 76.0 cm³/mol. The standard InChI is InChI=1S/C15H12N4O/c1-19-15-13(12(18-19)10-5-3-2-4-6-10)16-14(17-15)11-7-8-20-9-11/h2-9H,1H3,(H,16,17). The lowest BCUT2D eigenvalue weighted by Crippen LogP contribution is -1.91. The van der Waals surface area contributed by atoms with Crippen molar-refractivity contribution in [3.05, 3.63) is 48.9 Å². The summed E-state index contributed by atoms with van der Waals surface area (Å²) in [5, 5.41) is 4.54. The smallest absolute Gasteiger partial charge is 0.177 e. The molecule has 0 unspecified atom stereocenters. The third kappa shape index (κ3) is 1.56. The number of hydrogen-bond donors (Lipinski definition) is 1. The number of furan rings is 1. The molecule has 1 N–H and O–H groups in total. The molecule has 5 heteroatoms. The topological polar surface area (TPSA) is 59.6 Å². The highest BCUT2D eigenvalue weighted by molar-refractivity contribution is 5.90. The van der Waals surface area contributed by atoms with Crippen LogP contribution in [0.15, 0.2) is 53.3 Å². The fraction of sp³-hybridized carbons (Fsp3) is 0.0667. The normalized spacial score (nSPS) is 11.2. The minimum atomic E-state index is 0.791. The molecule has 0 aliphatic rings. The van der Waals surface area contributed by atoms with Gasteiger partial charge in [0.15, 0.2) is 5.65 Å². The number of aromatic amines is 1. The molecular formula is C15H12N4O. The number of H-pyrrole nitrogens is 1. The molecule has 0 amide bonds. The average molecular weight is 264 g/mol. The fourth-order valence-corrected chi connectivity index (χ4v) is 2.34. The van der Waals surface area contributed by atoms with Crippen LogP contribution in [0.4, 0.5) is 0 Å². The second-order valence-electron chi connectivity index (χ2n) is 4.63. The molecule has 0 saturated carbocycles. The Morgan fingerprint density at radius 2 is 1.95 bits per heavy atom. The first-order chi connectivity index (χ1) is 9.83. The monoisotopic (exact) mass is 264 g/mol. The lowest BCUT2D eigenvalue weighted by atomic mass is 10.1. The van der Waals surface area contributed by atoms with E-state index in [0.29, 0.717) is 0 Å². The minimum absolute atomic E-state index is 0.791. The van der Waals surface area contributed by atoms with Gasteiger partial charge < -0.3 is 9.40 Å². The third-order valence-corrected chi connectivity index (χ3v) is 3.32. The number of hydrogen-bond acceptors (Lipinski definition) is 3. The first-order valence-electron chi connectivity index (χ1n) is 6.33. The molecule has 20 heavy (non-hydrogen) atoms. The number of fused-ring (bicyclic) bond motifs is 1. The number of nitrogens with zero attached hydrogens (tertiary/aromatic N) is 3. The van der Waals surface area contributed by atoms with Crippen molar-refractivity contribution in [3.8, 4) is 22.6 Å². The molecule has 0 atom stereocenters. The molecule has 4 rings (SSSR count). The van der Waals surface area contributed by atoms with Crippen molar-refractivity contribution >= 4 is 11.2 Å². The number of benzene rings is 1. The van der Waals surface area contributed by atoms with Crippen LogP contribution in [0, 0.1) is 0 Å². The zero-order valence-corrected chi connectivity index (χ0v) is 10.9. The molecule has 0 aliphatic carbocycles. The Hall–Kier alpha value is -2.82. The van der Waals surface area contributed by atoms with Crippen LogP contribution in [0.5, 0.6) is 0 Å². The summed E-state index contributed by atoms with van der Waals surface area (Å²) in [5.74, 6) is 0.791. The van der Waals surface area contributed by atoms with Crippen LogP contribution in [-0.4, -0.2) is 19.7 Å². The van der Waals surface area contributed by atoms with Gasteiger partial charge in [0.25, 0.3) is 0 Å². The largest absolute Gasteiger partial charge is 0.472 e. The summed E-state index contributed by atoms with van der Waals surface area (Å²) >= 11 is 0. The van der Waals surface area contributed by atoms with Crippen LogP contribution >= 0.6 is 0 Å². The van der Waals surface area contributed by atoms with Crippen molar-refractivity contribution in [2.45, 2.75) is 0 Å². The van der Waals surface area contributed by atoms with E-state index in [1.54, 1.807) is 17.2 Å². The van der Waals surface area contributed by atoms with Crippen LogP contribution in [0.1, 0.15) is 0 Å². The number of nitrogens with one attached hydrogen (secondary N) is 1. The van der Waals surface area contributed by atoms with Gasteiger partial charge in [-0.15, -0.1) is 0 Å². The molecular weight excluding hydrogens is 252 g/mol. The van der Waals surface area contributed by atoms with Gasteiger partial charge in [-0.2, -0.15) is 5.10 Å². The second-order valence-corrected chi connectivity index (χ2v) is 4.63. The van der Waals surface area contributed by atoms with E-state index in [1.807, 2.05) is 43.4 Å². The summed E-state index contributed by atoms with van der Waals surface area (Å²) in [6.07, 6.45) is 3.31. The van der Waals surface area contributed by atoms with E-state index in [1.165, 1.54) is 0 Å². The van der Waals surface area contributed by atoms with E-state index in [2.05, 4.69) is 15.1 Å². The molecule has 0 saturated heterocycles. The number of aromatic nitrogens is 4. The molecule has 0 fully saturated rings. The molecule has 0 aliphatic heterocycles. The molecule has 4 aromatic rings. The van der Waals surface area contributed by atoms with E-state index in [4.69, 9.17) is 4.42 Å². The molecule has 0 spiro atoms. The first-order valence-corrected chi connectivity index (χ1v) is 6.33. The Labute approximate surface area is 114 Å². The molecule has 0 bridgehead atoms. The molecule has 3 heterocycles. The molecule has 98 valence electrons. The van der Waals surface area contributed by atoms with Crippen LogP contribution in [0.25, 0.3) is 33.8 Å². The van der Waals surface area contributed by atoms with E-state index < -0.39 is 0 Å². The quantitative estimate of drug-likeness (QED) is 0.604. The summed E-state index contributed by atoms with van der Waals surface area (Å²) < 4.78 is 6.89. The Kier molecular flexibility index (Phi) is 2.26. The predicted octanol–water partition coefficient (Wildman–Crippen LogP) is 3.22. The zero-order valence-electron chi connectivity index (χ0n) is 10.9. The van der Waals surface area contributed by atoms with Gasteiger partial charge in [-0.3, -0.25) is 0 Å². The van der Waals surface area contributed by atoms with Crippen molar-refractivity contribution in [2.24, 2.45) is 7.05 Å². The number of imidazole rings is 1. The van der Waals surface area contributed by atoms with Gasteiger partial charge in [-0.1, -0.05) is 30.3 Å². The fourth-order valence-electron chi connectivity index (χ4n) is 2.34. The van der Waals surface area contributed by atoms with Gasteiger partial charge in [-0.25, -0.2) is 9.67 Å². The summed E-state index contributed by atoms with van der Waals surface area (Å²) in [6.45, 7) is 0. The maximum atomic E-state index is 5.10. The lowest BCUT2D eigenvalue weighted by molar-refractivity contribution is 0.568. The molecule has 5 nitrogen and oxygen atoms in total. The second kappa shape index (κ2) is 4.09. The summed E-state index contributed by atoms with van der Waals surface area (Å²) in [4.78, 5) is 7.92. The van der Waals surface area contributed by atoms with Crippen LogP contribution in [0.3, 0.4) is 0 Å². The zero-order chi connectivity index (χ0) is 13.5. The SMILES string of the molecule is Cn1nc(-c2ccccc2)c2[nH]c(-c3ccoc3)nc21. The van der Waals surface area contributed by atoms with Crippen molar-refractivity contribution in [1.82, 2.24) is 19.7 Å². The number of rotatable bonds is 2. The van der Waals surface area contributed by atoms with Gasteiger partial charge in [0, 0.05) is 12.6 Å². The summed E-state index contributed by atoms with van der Waals surface area (Å²) in [7, 11) is 1.90. The van der Waals surface area contributed by atoms with Gasteiger partial charge in [-0.05, 0) is 6.07 Å². The van der Waals surface area contributed by atoms with Crippen molar-refractivity contribution in [3.63, 3.8) is 0 Å². The summed E-state index contributed by atoms with van der Waals surface area (Å²) in [6, 6.07) is 12.0. The van der Waals surface area contributed by atoms with Crippen LogP contribution in [-0.2, 0) is 7.05 Å². The minimum Gasteiger partial charge on any atom is -0.472 e. The van der Waals surface area contributed by atoms with E-state index in [0.717, 1.165) is 33.8 Å². The Morgan fingerprint density at radius 3 is 2.70 bits per heavy atom. The molecule has 1 aromatic carbocycles. The van der Waals surface area contributed by atoms with Crippen LogP contribution in [0.2, 0.25) is 0 Å². The van der Waals surface area contributed by atoms with Gasteiger partial charge >= 0.3 is 0 Å². The van der Waals surface area contributed by atoms with Crippen molar-refractivity contribution < 1.29 is 4.42 Å². The first kappa shape index (κ1) is 11.0. The maximum Gasteiger partial charge on any atom is 0.177 e. The van der Waals surface area contributed by atoms with Gasteiger partial charge in [0.05, 0.1) is 11.8 Å². The van der Waals surface area contributed by atoms with E-state index >= 15 is 0 Å². The van der Waals surface area contributed by atoms with Crippen molar-refractivity contribution in [1.29, 1.82) is 0 Å². The summed E-state index contributed by atoms with van der Waals surface area (Å²) in [5.41, 5.74) is 4.68. The Bertz CT molecular complexity index is 856. The highest BCUT2D eigenvalue weighted by atomic mass is 16.3. The van der Waals surface area contributed by atoms with E-state index in [-0.39, 0.29) is 0 Å². The lowest BCUT2D eigenvalue weighted by Gasteiger charge is -1.96. The van der Waals surface area contributed by atoms with Crippen molar-refractivity contribution in [2.75, 3.05) is 0 Å². The molecule has 0 radical (unpaired) electrons. The van der Waals surface area contributed by atoms with Gasteiger partial charge in [0.2, 0.25) is 0 Å². The Balaban J connectivity index is 1.95. The third-order valence-electron chi connectivity index (χ3n) is 3.32. The highest BCUT2D eigenvalue weighted by Crippen LogP contribution is 2.28. The number of aryl methyl sites for hydroxylation is 1. The van der Waals surface area contributed by atoms with Gasteiger partial charge in [0.1, 0.15) is 23.3 Å². The average Bonchev–Trinajstić information content (AvgIpc) is 3.17. The van der Waals surface area contributed by atoms with Crippen LogP contribution < -0.4 is 0 Å². The van der Waals surface area contributed by atoms with E-state index in [9.17, 15) is 0 Å². The highest BCUT2D eigenvalue weighted by Gasteiger charge is 2.16.